The quantitative estimate of drug-likeness (QED) is 0.542. The molecule has 0 aromatic rings. The van der Waals surface area contributed by atoms with E-state index >= 15 is 0 Å². The lowest BCUT2D eigenvalue weighted by atomic mass is 10.0. The molecule has 6 nitrogen and oxygen atoms in total. The van der Waals surface area contributed by atoms with Crippen molar-refractivity contribution in [3.8, 4) is 0 Å². The molecule has 0 unspecified atom stereocenters. The minimum Gasteiger partial charge on any atom is -0.353 e. The third-order valence-electron chi connectivity index (χ3n) is 2.57. The molecule has 0 saturated heterocycles. The van der Waals surface area contributed by atoms with Gasteiger partial charge in [0.1, 0.15) is 4.32 Å². The number of urea groups is 1. The molecule has 120 valence electrons. The maximum absolute atomic E-state index is 11.3. The predicted octanol–water partition coefficient (Wildman–Crippen LogP) is 2.54. The zero-order chi connectivity index (χ0) is 16.2. The predicted molar refractivity (Wildman–Crippen MR) is 82.7 cm³/mol. The zero-order valence-corrected chi connectivity index (χ0v) is 14.6. The van der Waals surface area contributed by atoms with Gasteiger partial charge in [0, 0.05) is 13.2 Å². The number of hydrogen-bond donors (Lipinski definition) is 2. The summed E-state index contributed by atoms with van der Waals surface area (Å²) in [5.74, 6) is -0.375. The summed E-state index contributed by atoms with van der Waals surface area (Å²) in [4.78, 5) is 21.6. The van der Waals surface area contributed by atoms with Gasteiger partial charge in [0.05, 0.1) is 0 Å². The molecule has 0 fully saturated rings. The number of ether oxygens (including phenoxy) is 2. The normalized spacial score (nSPS) is 10.8. The molecule has 0 atom stereocenters. The Morgan fingerprint density at radius 2 is 1.55 bits per heavy atom. The van der Waals surface area contributed by atoms with Gasteiger partial charge >= 0.3 is 6.03 Å². The Kier molecular flexibility index (Phi) is 13.1. The highest BCUT2D eigenvalue weighted by atomic mass is 79.9. The lowest BCUT2D eigenvalue weighted by Gasteiger charge is -2.21. The molecule has 0 aliphatic carbocycles. The van der Waals surface area contributed by atoms with Gasteiger partial charge < -0.3 is 15.2 Å². The van der Waals surface area contributed by atoms with Crippen molar-refractivity contribution in [2.45, 2.75) is 58.1 Å². The van der Waals surface area contributed by atoms with Crippen LogP contribution >= 0.6 is 15.9 Å². The molecule has 0 aliphatic heterocycles. The highest BCUT2D eigenvalue weighted by molar-refractivity contribution is 9.10. The number of nitrogens with two attached hydrogens (primary N) is 1. The molecule has 0 aromatic heterocycles. The van der Waals surface area contributed by atoms with Crippen molar-refractivity contribution in [2.24, 2.45) is 5.73 Å². The van der Waals surface area contributed by atoms with E-state index in [-0.39, 0.29) is 12.2 Å². The molecule has 0 saturated carbocycles. The number of amides is 3. The molecule has 20 heavy (non-hydrogen) atoms. The van der Waals surface area contributed by atoms with E-state index in [9.17, 15) is 9.59 Å². The van der Waals surface area contributed by atoms with Crippen LogP contribution in [-0.4, -0.2) is 35.8 Å². The first-order valence-corrected chi connectivity index (χ1v) is 7.59. The Morgan fingerprint density at radius 3 is 1.80 bits per heavy atom. The van der Waals surface area contributed by atoms with Crippen molar-refractivity contribution in [1.29, 1.82) is 0 Å². The fraction of sp³-hybridized carbons (Fsp3) is 0.846. The molecule has 0 heterocycles. The van der Waals surface area contributed by atoms with Gasteiger partial charge in [-0.25, -0.2) is 4.79 Å². The lowest BCUT2D eigenvalue weighted by Crippen LogP contribution is -2.46. The van der Waals surface area contributed by atoms with E-state index < -0.39 is 10.4 Å². The van der Waals surface area contributed by atoms with E-state index in [2.05, 4.69) is 15.9 Å². The van der Waals surface area contributed by atoms with Gasteiger partial charge in [-0.15, -0.1) is 0 Å². The van der Waals surface area contributed by atoms with E-state index in [0.29, 0.717) is 12.8 Å². The van der Waals surface area contributed by atoms with Gasteiger partial charge in [0.2, 0.25) is 5.91 Å². The molecule has 3 amide bonds. The van der Waals surface area contributed by atoms with Crippen molar-refractivity contribution < 1.29 is 19.1 Å². The van der Waals surface area contributed by atoms with Crippen LogP contribution in [-0.2, 0) is 14.3 Å². The summed E-state index contributed by atoms with van der Waals surface area (Å²) in [7, 11) is 0. The van der Waals surface area contributed by atoms with Crippen LogP contribution in [0.2, 0.25) is 0 Å². The van der Waals surface area contributed by atoms with Gasteiger partial charge in [0.15, 0.2) is 6.29 Å². The first-order chi connectivity index (χ1) is 9.27. The molecule has 3 N–H and O–H groups in total. The molecule has 0 aliphatic rings. The van der Waals surface area contributed by atoms with Crippen LogP contribution in [0.3, 0.4) is 0 Å². The second-order valence-corrected chi connectivity index (χ2v) is 5.49. The number of rotatable bonds is 7. The van der Waals surface area contributed by atoms with Crippen LogP contribution in [0, 0.1) is 0 Å². The van der Waals surface area contributed by atoms with Gasteiger partial charge in [0.25, 0.3) is 0 Å². The summed E-state index contributed by atoms with van der Waals surface area (Å²) in [5.41, 5.74) is 4.81. The molecular formula is C13H27BrN2O4. The van der Waals surface area contributed by atoms with E-state index in [1.54, 1.807) is 0 Å². The minimum absolute atomic E-state index is 0.0370. The Hall–Kier alpha value is -0.660. The Morgan fingerprint density at radius 1 is 1.15 bits per heavy atom. The summed E-state index contributed by atoms with van der Waals surface area (Å²) in [6.45, 7) is 11.0. The SMILES string of the molecule is CCC(Br)(CC)C(=O)NC(N)=O.CCOC(C)OCC. The van der Waals surface area contributed by atoms with E-state index in [4.69, 9.17) is 15.2 Å². The van der Waals surface area contributed by atoms with Crippen molar-refractivity contribution in [3.63, 3.8) is 0 Å². The maximum atomic E-state index is 11.3. The molecule has 0 spiro atoms. The highest BCUT2D eigenvalue weighted by Gasteiger charge is 2.32. The van der Waals surface area contributed by atoms with Crippen molar-refractivity contribution in [3.05, 3.63) is 0 Å². The minimum atomic E-state index is -0.814. The third-order valence-corrected chi connectivity index (χ3v) is 4.05. The van der Waals surface area contributed by atoms with Gasteiger partial charge in [-0.2, -0.15) is 0 Å². The second-order valence-electron chi connectivity index (χ2n) is 3.97. The Labute approximate surface area is 129 Å². The zero-order valence-electron chi connectivity index (χ0n) is 13.0. The van der Waals surface area contributed by atoms with Gasteiger partial charge in [-0.3, -0.25) is 10.1 Å². The smallest absolute Gasteiger partial charge is 0.318 e. The van der Waals surface area contributed by atoms with E-state index in [1.807, 2.05) is 39.9 Å². The van der Waals surface area contributed by atoms with Crippen LogP contribution in [0.1, 0.15) is 47.5 Å². The van der Waals surface area contributed by atoms with Gasteiger partial charge in [-0.05, 0) is 33.6 Å². The average Bonchev–Trinajstić information content (AvgIpc) is 2.38. The summed E-state index contributed by atoms with van der Waals surface area (Å²) >= 11 is 3.26. The van der Waals surface area contributed by atoms with E-state index in [0.717, 1.165) is 13.2 Å². The first-order valence-electron chi connectivity index (χ1n) is 6.80. The molecule has 0 bridgehead atoms. The molecule has 0 rings (SSSR count). The second kappa shape index (κ2) is 12.1. The van der Waals surface area contributed by atoms with Crippen LogP contribution in [0.15, 0.2) is 0 Å². The fourth-order valence-corrected chi connectivity index (χ4v) is 1.41. The molecular weight excluding hydrogens is 328 g/mol. The largest absolute Gasteiger partial charge is 0.353 e. The Bertz CT molecular complexity index is 278. The number of hydrogen-bond acceptors (Lipinski definition) is 4. The lowest BCUT2D eigenvalue weighted by molar-refractivity contribution is -0.123. The van der Waals surface area contributed by atoms with Crippen molar-refractivity contribution in [1.82, 2.24) is 5.32 Å². The summed E-state index contributed by atoms with van der Waals surface area (Å²) in [6, 6.07) is -0.814. The number of carbonyl (C=O) groups excluding carboxylic acids is 2. The van der Waals surface area contributed by atoms with Crippen LogP contribution in [0.5, 0.6) is 0 Å². The maximum Gasteiger partial charge on any atom is 0.318 e. The molecule has 7 heteroatoms. The number of carbonyl (C=O) groups is 2. The van der Waals surface area contributed by atoms with Crippen molar-refractivity contribution in [2.75, 3.05) is 13.2 Å². The van der Waals surface area contributed by atoms with Gasteiger partial charge in [-0.1, -0.05) is 29.8 Å². The third kappa shape index (κ3) is 10.2. The Balaban J connectivity index is 0. The topological polar surface area (TPSA) is 90.7 Å². The van der Waals surface area contributed by atoms with Crippen LogP contribution in [0.25, 0.3) is 0 Å². The molecule has 0 aromatic carbocycles. The highest BCUT2D eigenvalue weighted by Crippen LogP contribution is 2.26. The fourth-order valence-electron chi connectivity index (χ4n) is 1.31. The van der Waals surface area contributed by atoms with Crippen LogP contribution in [0.4, 0.5) is 4.79 Å². The number of halogens is 1. The monoisotopic (exact) mass is 354 g/mol. The van der Waals surface area contributed by atoms with Crippen LogP contribution < -0.4 is 11.1 Å². The number of nitrogens with one attached hydrogen (secondary N) is 1. The first kappa shape index (κ1) is 21.6. The van der Waals surface area contributed by atoms with E-state index in [1.165, 1.54) is 0 Å². The summed E-state index contributed by atoms with van der Waals surface area (Å²) < 4.78 is 9.46. The molecule has 0 radical (unpaired) electrons. The standard InChI is InChI=1S/C7H13BrN2O2.C6H14O2/c1-3-7(8,4-2)5(11)10-6(9)12;1-4-7-6(3)8-5-2/h3-4H2,1-2H3,(H3,9,10,11,12);6H,4-5H2,1-3H3. The van der Waals surface area contributed by atoms with Crippen molar-refractivity contribution >= 4 is 27.9 Å². The summed E-state index contributed by atoms with van der Waals surface area (Å²) in [5, 5.41) is 2.04. The summed E-state index contributed by atoms with van der Waals surface area (Å²) in [6.07, 6.45) is 1.19. The average molecular weight is 355 g/mol. The number of primary amides is 1. The number of alkyl halides is 1. The number of imide groups is 1.